The van der Waals surface area contributed by atoms with Crippen molar-refractivity contribution in [1.29, 1.82) is 0 Å². The lowest BCUT2D eigenvalue weighted by atomic mass is 9.80. The Bertz CT molecular complexity index is 1510. The quantitative estimate of drug-likeness (QED) is 0.238. The average molecular weight is 561 g/mol. The third kappa shape index (κ3) is 6.32. The first-order valence-electron chi connectivity index (χ1n) is 14.8. The third-order valence-corrected chi connectivity index (χ3v) is 7.90. The zero-order valence-electron chi connectivity index (χ0n) is 24.5. The Morgan fingerprint density at radius 2 is 1.95 bits per heavy atom. The van der Waals surface area contributed by atoms with Crippen LogP contribution < -0.4 is 9.64 Å². The predicted octanol–water partition coefficient (Wildman–Crippen LogP) is 5.35. The van der Waals surface area contributed by atoms with Crippen molar-refractivity contribution >= 4 is 28.4 Å². The van der Waals surface area contributed by atoms with Crippen molar-refractivity contribution in [1.82, 2.24) is 24.5 Å². The lowest BCUT2D eigenvalue weighted by Crippen LogP contribution is -2.36. The molecular formula is C31H40N6O4. The molecule has 5 heterocycles. The van der Waals surface area contributed by atoms with Gasteiger partial charge in [-0.25, -0.2) is 14.5 Å². The van der Waals surface area contributed by atoms with Gasteiger partial charge in [-0.15, -0.1) is 5.10 Å². The van der Waals surface area contributed by atoms with Crippen molar-refractivity contribution in [3.8, 4) is 17.3 Å². The van der Waals surface area contributed by atoms with E-state index in [4.69, 9.17) is 19.0 Å². The van der Waals surface area contributed by atoms with Crippen LogP contribution in [0.5, 0.6) is 5.88 Å². The van der Waals surface area contributed by atoms with E-state index in [1.54, 1.807) is 16.9 Å². The lowest BCUT2D eigenvalue weighted by Gasteiger charge is -2.34. The van der Waals surface area contributed by atoms with Crippen LogP contribution in [0.3, 0.4) is 0 Å². The highest BCUT2D eigenvalue weighted by Crippen LogP contribution is 2.35. The van der Waals surface area contributed by atoms with Crippen LogP contribution >= 0.6 is 0 Å². The Kier molecular flexibility index (Phi) is 7.59. The van der Waals surface area contributed by atoms with Crippen LogP contribution in [0.2, 0.25) is 0 Å². The average Bonchev–Trinajstić information content (AvgIpc) is 3.65. The first-order valence-corrected chi connectivity index (χ1v) is 14.8. The van der Waals surface area contributed by atoms with Gasteiger partial charge >= 0.3 is 5.97 Å². The summed E-state index contributed by atoms with van der Waals surface area (Å²) in [5.74, 6) is 2.24. The van der Waals surface area contributed by atoms with Crippen LogP contribution in [0.15, 0.2) is 41.1 Å². The van der Waals surface area contributed by atoms with Crippen molar-refractivity contribution in [3.63, 3.8) is 0 Å². The van der Waals surface area contributed by atoms with Crippen molar-refractivity contribution in [2.45, 2.75) is 71.0 Å². The number of likely N-dealkylation sites (tertiary alicyclic amines) is 1. The molecule has 218 valence electrons. The number of aromatic nitrogens is 4. The number of fused-ring (bicyclic) bond motifs is 2. The number of furan rings is 1. The van der Waals surface area contributed by atoms with Crippen LogP contribution in [0, 0.1) is 5.92 Å². The Morgan fingerprint density at radius 3 is 2.73 bits per heavy atom. The topological polar surface area (TPSA) is 98.2 Å². The SMILES string of the molecule is CN(CCCN1CCCC1)c1nccc2oc(-c3cnc4ccc(OC5CC(CC(=O)OC(C)(C)C)C5)nn34)cc12. The molecule has 0 atom stereocenters. The maximum absolute atomic E-state index is 12.1. The van der Waals surface area contributed by atoms with Gasteiger partial charge in [0, 0.05) is 32.3 Å². The van der Waals surface area contributed by atoms with E-state index in [2.05, 4.69) is 26.8 Å². The third-order valence-electron chi connectivity index (χ3n) is 7.90. The van der Waals surface area contributed by atoms with Crippen LogP contribution in [-0.2, 0) is 9.53 Å². The van der Waals surface area contributed by atoms with E-state index in [9.17, 15) is 4.79 Å². The van der Waals surface area contributed by atoms with Crippen molar-refractivity contribution in [2.75, 3.05) is 38.1 Å². The zero-order chi connectivity index (χ0) is 28.6. The standard InChI is InChI=1S/C31H40N6O4/c1-31(2,3)41-29(38)18-21-16-22(17-21)39-28-9-8-27-33-20-24(37(27)34-28)26-19-23-25(40-26)10-11-32-30(23)35(4)12-7-15-36-13-5-6-14-36/h8-11,19-22H,5-7,12-18H2,1-4H3. The molecule has 2 aliphatic rings. The van der Waals surface area contributed by atoms with E-state index in [0.29, 0.717) is 23.7 Å². The number of carbonyl (C=O) groups is 1. The number of imidazole rings is 1. The Hall–Kier alpha value is -3.66. The first kappa shape index (κ1) is 27.5. The zero-order valence-corrected chi connectivity index (χ0v) is 24.5. The second-order valence-electron chi connectivity index (χ2n) is 12.4. The van der Waals surface area contributed by atoms with Gasteiger partial charge in [0.25, 0.3) is 0 Å². The second kappa shape index (κ2) is 11.3. The number of anilines is 1. The normalized spacial score (nSPS) is 19.5. The minimum absolute atomic E-state index is 0.0280. The maximum Gasteiger partial charge on any atom is 0.306 e. The molecule has 0 spiro atoms. The molecule has 0 unspecified atom stereocenters. The molecule has 4 aromatic rings. The summed E-state index contributed by atoms with van der Waals surface area (Å²) < 4.78 is 19.6. The number of hydrogen-bond acceptors (Lipinski definition) is 9. The number of esters is 1. The summed E-state index contributed by atoms with van der Waals surface area (Å²) in [7, 11) is 2.09. The summed E-state index contributed by atoms with van der Waals surface area (Å²) in [6.07, 6.45) is 9.37. The molecule has 0 N–H and O–H groups in total. The molecule has 1 saturated carbocycles. The number of nitrogens with zero attached hydrogens (tertiary/aromatic N) is 6. The van der Waals surface area contributed by atoms with E-state index in [1.165, 1.54) is 25.9 Å². The number of pyridine rings is 1. The molecule has 0 bridgehead atoms. The van der Waals surface area contributed by atoms with Gasteiger partial charge in [0.1, 0.15) is 28.8 Å². The summed E-state index contributed by atoms with van der Waals surface area (Å²) in [5.41, 5.74) is 1.78. The number of hydrogen-bond donors (Lipinski definition) is 0. The van der Waals surface area contributed by atoms with E-state index < -0.39 is 5.60 Å². The van der Waals surface area contributed by atoms with Crippen LogP contribution in [-0.4, -0.2) is 75.4 Å². The molecule has 0 amide bonds. The number of ether oxygens (including phenoxy) is 2. The fourth-order valence-electron chi connectivity index (χ4n) is 5.84. The smallest absolute Gasteiger partial charge is 0.306 e. The monoisotopic (exact) mass is 560 g/mol. The van der Waals surface area contributed by atoms with Gasteiger partial charge in [-0.1, -0.05) is 0 Å². The summed E-state index contributed by atoms with van der Waals surface area (Å²) in [6, 6.07) is 7.66. The minimum Gasteiger partial charge on any atom is -0.473 e. The summed E-state index contributed by atoms with van der Waals surface area (Å²) in [4.78, 5) is 26.1. The van der Waals surface area contributed by atoms with Gasteiger partial charge in [-0.3, -0.25) is 4.79 Å². The molecule has 1 aliphatic heterocycles. The highest BCUT2D eigenvalue weighted by atomic mass is 16.6. The fraction of sp³-hybridized carbons (Fsp3) is 0.548. The Morgan fingerprint density at radius 1 is 1.15 bits per heavy atom. The second-order valence-corrected chi connectivity index (χ2v) is 12.4. The van der Waals surface area contributed by atoms with Gasteiger partial charge in [-0.2, -0.15) is 0 Å². The largest absolute Gasteiger partial charge is 0.473 e. The highest BCUT2D eigenvalue weighted by Gasteiger charge is 2.34. The van der Waals surface area contributed by atoms with Gasteiger partial charge in [0.2, 0.25) is 5.88 Å². The van der Waals surface area contributed by atoms with Crippen LogP contribution in [0.4, 0.5) is 5.82 Å². The summed E-state index contributed by atoms with van der Waals surface area (Å²) >= 11 is 0. The van der Waals surface area contributed by atoms with Gasteiger partial charge in [0.15, 0.2) is 11.4 Å². The molecule has 4 aromatic heterocycles. The maximum atomic E-state index is 12.1. The highest BCUT2D eigenvalue weighted by molar-refractivity contribution is 5.91. The molecule has 6 rings (SSSR count). The summed E-state index contributed by atoms with van der Waals surface area (Å²) in [5, 5.41) is 5.69. The Balaban J connectivity index is 1.13. The van der Waals surface area contributed by atoms with Crippen molar-refractivity contribution in [3.05, 3.63) is 36.7 Å². The lowest BCUT2D eigenvalue weighted by molar-refractivity contribution is -0.157. The van der Waals surface area contributed by atoms with Crippen LogP contribution in [0.1, 0.15) is 59.3 Å². The number of rotatable bonds is 10. The Labute approximate surface area is 240 Å². The van der Waals surface area contributed by atoms with E-state index in [-0.39, 0.29) is 18.0 Å². The predicted molar refractivity (Wildman–Crippen MR) is 157 cm³/mol. The molecular weight excluding hydrogens is 520 g/mol. The molecule has 0 radical (unpaired) electrons. The van der Waals surface area contributed by atoms with Crippen LogP contribution in [0.25, 0.3) is 28.1 Å². The van der Waals surface area contributed by atoms with Crippen molar-refractivity contribution in [2.24, 2.45) is 5.92 Å². The molecule has 1 saturated heterocycles. The van der Waals surface area contributed by atoms with E-state index in [0.717, 1.165) is 54.8 Å². The van der Waals surface area contributed by atoms with Gasteiger partial charge in [-0.05, 0) is 96.6 Å². The first-order chi connectivity index (χ1) is 19.7. The number of carbonyl (C=O) groups excluding carboxylic acids is 1. The minimum atomic E-state index is -0.459. The molecule has 0 aromatic carbocycles. The summed E-state index contributed by atoms with van der Waals surface area (Å²) in [6.45, 7) is 10.2. The van der Waals surface area contributed by atoms with Gasteiger partial charge in [0.05, 0.1) is 11.6 Å². The molecule has 1 aliphatic carbocycles. The molecule has 2 fully saturated rings. The van der Waals surface area contributed by atoms with Crippen molar-refractivity contribution < 1.29 is 18.7 Å². The van der Waals surface area contributed by atoms with E-state index in [1.807, 2.05) is 45.0 Å². The van der Waals surface area contributed by atoms with Gasteiger partial charge < -0.3 is 23.7 Å². The molecule has 41 heavy (non-hydrogen) atoms. The fourth-order valence-corrected chi connectivity index (χ4v) is 5.84. The molecule has 10 heteroatoms. The molecule has 10 nitrogen and oxygen atoms in total. The van der Waals surface area contributed by atoms with E-state index >= 15 is 0 Å².